The van der Waals surface area contributed by atoms with Gasteiger partial charge < -0.3 is 14.8 Å². The van der Waals surface area contributed by atoms with E-state index in [0.717, 1.165) is 5.56 Å². The zero-order valence-corrected chi connectivity index (χ0v) is 20.5. The number of carbonyl (C=O) groups is 1. The second kappa shape index (κ2) is 10.2. The normalized spacial score (nSPS) is 14.3. The average molecular weight is 542 g/mol. The van der Waals surface area contributed by atoms with Gasteiger partial charge in [0.1, 0.15) is 12.0 Å². The van der Waals surface area contributed by atoms with Gasteiger partial charge in [-0.15, -0.1) is 0 Å². The van der Waals surface area contributed by atoms with Gasteiger partial charge in [-0.25, -0.2) is 14.3 Å². The predicted molar refractivity (Wildman–Crippen MR) is 125 cm³/mol. The lowest BCUT2D eigenvalue weighted by atomic mass is 10.2. The number of fused-ring (bicyclic) bond motifs is 1. The molecule has 0 saturated heterocycles. The number of alkyl halides is 3. The van der Waals surface area contributed by atoms with Crippen LogP contribution in [0.5, 0.6) is 5.75 Å². The molecule has 1 aromatic carbocycles. The monoisotopic (exact) mass is 541 g/mol. The van der Waals surface area contributed by atoms with Crippen LogP contribution < -0.4 is 15.1 Å². The van der Waals surface area contributed by atoms with Gasteiger partial charge in [0, 0.05) is 13.7 Å². The van der Waals surface area contributed by atoms with E-state index in [0.29, 0.717) is 29.2 Å². The number of methoxy groups -OCH3 is 2. The molecule has 198 valence electrons. The number of imidazole rings is 1. The van der Waals surface area contributed by atoms with Crippen LogP contribution >= 0.6 is 0 Å². The van der Waals surface area contributed by atoms with Crippen molar-refractivity contribution in [1.82, 2.24) is 24.0 Å². The molecular weight excluding hydrogens is 519 g/mol. The van der Waals surface area contributed by atoms with Crippen molar-refractivity contribution in [3.8, 4) is 5.75 Å². The molecule has 0 saturated carbocycles. The van der Waals surface area contributed by atoms with Crippen LogP contribution in [-0.4, -0.2) is 72.2 Å². The first-order chi connectivity index (χ1) is 17.5. The molecule has 2 aromatic heterocycles. The first kappa shape index (κ1) is 26.2. The van der Waals surface area contributed by atoms with Gasteiger partial charge >= 0.3 is 15.5 Å². The zero-order valence-electron chi connectivity index (χ0n) is 19.6. The Morgan fingerprint density at radius 2 is 1.89 bits per heavy atom. The van der Waals surface area contributed by atoms with Crippen molar-refractivity contribution in [3.05, 3.63) is 53.6 Å². The number of rotatable bonds is 8. The number of nitrogens with one attached hydrogen (secondary N) is 1. The van der Waals surface area contributed by atoms with Crippen LogP contribution in [0, 0.1) is 0 Å². The molecule has 3 heterocycles. The summed E-state index contributed by atoms with van der Waals surface area (Å²) in [4.78, 5) is 21.6. The Morgan fingerprint density at radius 1 is 1.16 bits per heavy atom. The molecule has 3 aromatic rings. The molecule has 1 N–H and O–H groups in total. The third-order valence-electron chi connectivity index (χ3n) is 5.40. The minimum absolute atomic E-state index is 0.0735. The van der Waals surface area contributed by atoms with Crippen LogP contribution in [0.15, 0.2) is 41.8 Å². The highest BCUT2D eigenvalue weighted by molar-refractivity contribution is 7.90. The summed E-state index contributed by atoms with van der Waals surface area (Å²) in [7, 11) is -2.51. The van der Waals surface area contributed by atoms with E-state index < -0.39 is 28.0 Å². The Bertz CT molecular complexity index is 1420. The number of carbonyl (C=O) groups excluding carboxylic acids is 1. The summed E-state index contributed by atoms with van der Waals surface area (Å²) in [6.45, 7) is -0.222. The highest BCUT2D eigenvalue weighted by atomic mass is 32.2. The minimum atomic E-state index is -5.48. The van der Waals surface area contributed by atoms with E-state index in [4.69, 9.17) is 9.47 Å². The van der Waals surface area contributed by atoms with Gasteiger partial charge in [-0.2, -0.15) is 26.7 Å². The number of anilines is 1. The van der Waals surface area contributed by atoms with Crippen molar-refractivity contribution in [2.75, 3.05) is 32.3 Å². The molecule has 4 rings (SSSR count). The summed E-state index contributed by atoms with van der Waals surface area (Å²) in [5.74, 6) is 0.342. The van der Waals surface area contributed by atoms with Crippen molar-refractivity contribution in [1.29, 1.82) is 0 Å². The van der Waals surface area contributed by atoms with Crippen LogP contribution in [0.1, 0.15) is 21.7 Å². The smallest absolute Gasteiger partial charge is 0.494 e. The summed E-state index contributed by atoms with van der Waals surface area (Å²) < 4.78 is 73.2. The van der Waals surface area contributed by atoms with Crippen LogP contribution in [0.25, 0.3) is 5.78 Å². The fraction of sp³-hybridized carbons (Fsp3) is 0.333. The first-order valence-electron chi connectivity index (χ1n) is 10.7. The van der Waals surface area contributed by atoms with E-state index in [1.54, 1.807) is 30.5 Å². The second-order valence-electron chi connectivity index (χ2n) is 7.77. The van der Waals surface area contributed by atoms with E-state index in [9.17, 15) is 26.4 Å². The summed E-state index contributed by atoms with van der Waals surface area (Å²) >= 11 is 0. The molecule has 0 fully saturated rings. The van der Waals surface area contributed by atoms with Gasteiger partial charge in [0.2, 0.25) is 5.78 Å². The number of halogens is 3. The molecule has 0 radical (unpaired) electrons. The molecule has 0 aliphatic carbocycles. The molecular formula is C21H22F3N7O5S. The van der Waals surface area contributed by atoms with E-state index >= 15 is 0 Å². The highest BCUT2D eigenvalue weighted by Crippen LogP contribution is 2.27. The third kappa shape index (κ3) is 5.29. The number of aromatic nitrogens is 3. The van der Waals surface area contributed by atoms with E-state index in [-0.39, 0.29) is 29.7 Å². The van der Waals surface area contributed by atoms with Gasteiger partial charge in [0.05, 0.1) is 50.6 Å². The molecule has 1 aliphatic heterocycles. The molecule has 1 amide bonds. The Morgan fingerprint density at radius 3 is 2.49 bits per heavy atom. The quantitative estimate of drug-likeness (QED) is 0.456. The SMILES string of the molecule is COCc1nc2ncc(OC)cn2c1C(=O)NCc1ccc(N2CCN(S(=O)(=O)C(F)(F)F)C=N2)cc1. The lowest BCUT2D eigenvalue weighted by Crippen LogP contribution is -2.46. The summed E-state index contributed by atoms with van der Waals surface area (Å²) in [5, 5.41) is 8.01. The van der Waals surface area contributed by atoms with Gasteiger partial charge in [0.15, 0.2) is 5.75 Å². The molecule has 12 nitrogen and oxygen atoms in total. The van der Waals surface area contributed by atoms with Crippen molar-refractivity contribution in [3.63, 3.8) is 0 Å². The topological polar surface area (TPSA) is 131 Å². The summed E-state index contributed by atoms with van der Waals surface area (Å²) in [6, 6.07) is 6.73. The maximum Gasteiger partial charge on any atom is 0.516 e. The van der Waals surface area contributed by atoms with Crippen LogP contribution in [0.3, 0.4) is 0 Å². The largest absolute Gasteiger partial charge is 0.516 e. The van der Waals surface area contributed by atoms with Crippen molar-refractivity contribution in [2.45, 2.75) is 18.7 Å². The zero-order chi connectivity index (χ0) is 26.8. The lowest BCUT2D eigenvalue weighted by Gasteiger charge is -2.29. The Balaban J connectivity index is 1.44. The highest BCUT2D eigenvalue weighted by Gasteiger charge is 2.50. The number of benzene rings is 1. The Hall–Kier alpha value is -3.92. The van der Waals surface area contributed by atoms with E-state index in [1.165, 1.54) is 29.8 Å². The number of hydrogen-bond donors (Lipinski definition) is 1. The molecule has 0 atom stereocenters. The first-order valence-corrected chi connectivity index (χ1v) is 12.2. The number of hydrogen-bond acceptors (Lipinski definition) is 9. The Kier molecular flexibility index (Phi) is 7.22. The van der Waals surface area contributed by atoms with Crippen LogP contribution in [0.4, 0.5) is 18.9 Å². The molecule has 37 heavy (non-hydrogen) atoms. The molecule has 16 heteroatoms. The maximum atomic E-state index is 13.0. The van der Waals surface area contributed by atoms with Crippen molar-refractivity contribution in [2.24, 2.45) is 5.10 Å². The van der Waals surface area contributed by atoms with Crippen molar-refractivity contribution >= 4 is 33.7 Å². The second-order valence-corrected chi connectivity index (χ2v) is 9.65. The van der Waals surface area contributed by atoms with Gasteiger partial charge in [0.25, 0.3) is 5.91 Å². The molecule has 0 bridgehead atoms. The third-order valence-corrected chi connectivity index (χ3v) is 6.88. The number of amides is 1. The average Bonchev–Trinajstić information content (AvgIpc) is 3.24. The van der Waals surface area contributed by atoms with E-state index in [1.807, 2.05) is 0 Å². The fourth-order valence-corrected chi connectivity index (χ4v) is 4.29. The van der Waals surface area contributed by atoms with Gasteiger partial charge in [-0.1, -0.05) is 12.1 Å². The van der Waals surface area contributed by atoms with Gasteiger partial charge in [-0.3, -0.25) is 14.2 Å². The van der Waals surface area contributed by atoms with Crippen molar-refractivity contribution < 1.29 is 35.9 Å². The number of sulfonamides is 1. The van der Waals surface area contributed by atoms with Crippen LogP contribution in [-0.2, 0) is 27.9 Å². The molecule has 0 unspecified atom stereocenters. The predicted octanol–water partition coefficient (Wildman–Crippen LogP) is 1.73. The number of ether oxygens (including phenoxy) is 2. The number of hydrazone groups is 1. The van der Waals surface area contributed by atoms with E-state index in [2.05, 4.69) is 20.4 Å². The standard InChI is InChI=1S/C21H22F3N7O5S/c1-35-12-17-18(30-11-16(36-2)10-26-20(30)28-17)19(32)25-9-14-3-5-15(6-4-14)31-8-7-29(13-27-31)37(33,34)21(22,23)24/h3-6,10-11,13H,7-9,12H2,1-2H3,(H,25,32). The van der Waals surface area contributed by atoms with Gasteiger partial charge in [-0.05, 0) is 17.7 Å². The lowest BCUT2D eigenvalue weighted by molar-refractivity contribution is -0.0471. The molecule has 1 aliphatic rings. The van der Waals surface area contributed by atoms with Crippen LogP contribution in [0.2, 0.25) is 0 Å². The Labute approximate surface area is 209 Å². The fourth-order valence-electron chi connectivity index (χ4n) is 3.54. The minimum Gasteiger partial charge on any atom is -0.494 e. The summed E-state index contributed by atoms with van der Waals surface area (Å²) in [6.07, 6.45) is 3.72. The summed E-state index contributed by atoms with van der Waals surface area (Å²) in [5.41, 5.74) is -3.47. The number of nitrogens with zero attached hydrogens (tertiary/aromatic N) is 6. The molecule has 0 spiro atoms. The maximum absolute atomic E-state index is 13.0.